The second-order valence-electron chi connectivity index (χ2n) is 9.72. The lowest BCUT2D eigenvalue weighted by Crippen LogP contribution is -2.57. The van der Waals surface area contributed by atoms with Crippen molar-refractivity contribution >= 4 is 18.0 Å². The predicted molar refractivity (Wildman–Crippen MR) is 134 cm³/mol. The number of esters is 2. The smallest absolute Gasteiger partial charge is 0.412 e. The molecule has 36 heavy (non-hydrogen) atoms. The van der Waals surface area contributed by atoms with Crippen molar-refractivity contribution in [3.8, 4) is 5.75 Å². The van der Waals surface area contributed by atoms with Crippen LogP contribution < -0.4 is 10.1 Å². The number of benzene rings is 1. The summed E-state index contributed by atoms with van der Waals surface area (Å²) in [5, 5.41) is 2.70. The summed E-state index contributed by atoms with van der Waals surface area (Å²) in [6, 6.07) is 5.89. The van der Waals surface area contributed by atoms with Gasteiger partial charge < -0.3 is 29.0 Å². The first-order chi connectivity index (χ1) is 17.0. The monoisotopic (exact) mass is 507 g/mol. The second kappa shape index (κ2) is 13.6. The number of ether oxygens (including phenoxy) is 5. The molecule has 9 nitrogen and oxygen atoms in total. The third-order valence-corrected chi connectivity index (χ3v) is 6.18. The van der Waals surface area contributed by atoms with Gasteiger partial charge >= 0.3 is 18.0 Å². The molecule has 1 aliphatic heterocycles. The number of amides is 1. The van der Waals surface area contributed by atoms with Gasteiger partial charge in [0.25, 0.3) is 0 Å². The van der Waals surface area contributed by atoms with Crippen LogP contribution in [-0.2, 0) is 28.5 Å². The summed E-state index contributed by atoms with van der Waals surface area (Å²) in [5.74, 6) is -0.261. The van der Waals surface area contributed by atoms with Crippen LogP contribution in [0.2, 0.25) is 0 Å². The normalized spacial score (nSPS) is 23.9. The van der Waals surface area contributed by atoms with E-state index in [-0.39, 0.29) is 37.0 Å². The number of nitrogens with one attached hydrogen (secondary N) is 1. The van der Waals surface area contributed by atoms with Crippen LogP contribution in [0.3, 0.4) is 0 Å². The van der Waals surface area contributed by atoms with Gasteiger partial charge in [0.15, 0.2) is 12.4 Å². The van der Waals surface area contributed by atoms with Gasteiger partial charge in [-0.2, -0.15) is 0 Å². The maximum atomic E-state index is 12.6. The minimum Gasteiger partial charge on any atom is -0.458 e. The van der Waals surface area contributed by atoms with Crippen molar-refractivity contribution < 1.29 is 38.1 Å². The van der Waals surface area contributed by atoms with Gasteiger partial charge in [-0.1, -0.05) is 59.7 Å². The van der Waals surface area contributed by atoms with Gasteiger partial charge in [-0.3, -0.25) is 9.59 Å². The van der Waals surface area contributed by atoms with Crippen LogP contribution in [0.25, 0.3) is 0 Å². The van der Waals surface area contributed by atoms with Crippen molar-refractivity contribution in [2.75, 3.05) is 13.2 Å². The maximum absolute atomic E-state index is 12.6. The zero-order chi connectivity index (χ0) is 27.0. The van der Waals surface area contributed by atoms with E-state index in [2.05, 4.69) is 33.0 Å². The Morgan fingerprint density at radius 2 is 1.53 bits per heavy atom. The fourth-order valence-corrected chi connectivity index (χ4v) is 4.38. The molecule has 1 aliphatic rings. The molecule has 1 fully saturated rings. The van der Waals surface area contributed by atoms with Gasteiger partial charge in [-0.05, 0) is 29.4 Å². The summed E-state index contributed by atoms with van der Waals surface area (Å²) in [6.45, 7) is 14.8. The molecule has 0 unspecified atom stereocenters. The van der Waals surface area contributed by atoms with Crippen LogP contribution in [-0.4, -0.2) is 55.8 Å². The predicted octanol–water partition coefficient (Wildman–Crippen LogP) is 4.67. The molecule has 0 radical (unpaired) electrons. The molecule has 1 aromatic carbocycles. The summed E-state index contributed by atoms with van der Waals surface area (Å²) in [6.07, 6.45) is -2.79. The minimum absolute atomic E-state index is 0.0675. The highest BCUT2D eigenvalue weighted by Gasteiger charge is 2.47. The van der Waals surface area contributed by atoms with E-state index in [0.717, 1.165) is 11.1 Å². The lowest BCUT2D eigenvalue weighted by molar-refractivity contribution is -0.289. The fraction of sp³-hybridized carbons (Fsp3) is 0.667. The van der Waals surface area contributed by atoms with E-state index < -0.39 is 36.5 Å². The van der Waals surface area contributed by atoms with E-state index in [1.165, 1.54) is 13.8 Å². The van der Waals surface area contributed by atoms with E-state index >= 15 is 0 Å². The molecule has 0 aliphatic carbocycles. The van der Waals surface area contributed by atoms with E-state index in [9.17, 15) is 14.4 Å². The molecule has 2 rings (SSSR count). The molecule has 0 aromatic heterocycles. The second-order valence-corrected chi connectivity index (χ2v) is 9.72. The zero-order valence-electron chi connectivity index (χ0n) is 22.7. The highest BCUT2D eigenvalue weighted by atomic mass is 16.7. The molecular formula is C27H41NO8. The van der Waals surface area contributed by atoms with Crippen molar-refractivity contribution in [1.29, 1.82) is 0 Å². The summed E-state index contributed by atoms with van der Waals surface area (Å²) < 4.78 is 28.5. The quantitative estimate of drug-likeness (QED) is 0.359. The molecule has 202 valence electrons. The molecule has 1 saturated heterocycles. The van der Waals surface area contributed by atoms with Crippen LogP contribution in [0.1, 0.15) is 84.8 Å². The number of hydrogen-bond acceptors (Lipinski definition) is 8. The average molecular weight is 508 g/mol. The molecular weight excluding hydrogens is 466 g/mol. The van der Waals surface area contributed by atoms with Gasteiger partial charge in [0.1, 0.15) is 11.9 Å². The Morgan fingerprint density at radius 3 is 2.03 bits per heavy atom. The summed E-state index contributed by atoms with van der Waals surface area (Å²) >= 11 is 0. The largest absolute Gasteiger partial charge is 0.458 e. The average Bonchev–Trinajstić information content (AvgIpc) is 2.79. The first-order valence-corrected chi connectivity index (χ1v) is 12.7. The number of rotatable bonds is 10. The van der Waals surface area contributed by atoms with Crippen molar-refractivity contribution in [3.63, 3.8) is 0 Å². The van der Waals surface area contributed by atoms with Crippen molar-refractivity contribution in [2.45, 2.75) is 98.2 Å². The van der Waals surface area contributed by atoms with E-state index in [0.29, 0.717) is 12.2 Å². The Bertz CT molecular complexity index is 874. The Labute approximate surface area is 214 Å². The van der Waals surface area contributed by atoms with E-state index in [1.807, 2.05) is 32.0 Å². The van der Waals surface area contributed by atoms with Gasteiger partial charge in [-0.25, -0.2) is 4.79 Å². The van der Waals surface area contributed by atoms with Crippen molar-refractivity contribution in [2.24, 2.45) is 5.92 Å². The Hall–Kier alpha value is -2.65. The number of carbonyl (C=O) groups is 3. The lowest BCUT2D eigenvalue weighted by Gasteiger charge is -2.43. The molecule has 0 spiro atoms. The molecule has 0 saturated carbocycles. The van der Waals surface area contributed by atoms with Crippen molar-refractivity contribution in [1.82, 2.24) is 5.32 Å². The summed E-state index contributed by atoms with van der Waals surface area (Å²) in [4.78, 5) is 36.0. The third kappa shape index (κ3) is 7.93. The van der Waals surface area contributed by atoms with Crippen LogP contribution >= 0.6 is 0 Å². The number of hydrogen-bond donors (Lipinski definition) is 1. The molecule has 9 heteroatoms. The SMILES string of the molecule is CC[C@H]1O[C@@H](OCCNC(=O)Oc2c(C(C)C)cccc2C(C)C)[C@H](OC(C)=O)[C@@H](OC(C)=O)[C@@H]1C. The molecule has 0 bridgehead atoms. The summed E-state index contributed by atoms with van der Waals surface area (Å²) in [7, 11) is 0. The van der Waals surface area contributed by atoms with E-state index in [4.69, 9.17) is 23.7 Å². The maximum Gasteiger partial charge on any atom is 0.412 e. The molecule has 1 N–H and O–H groups in total. The topological polar surface area (TPSA) is 109 Å². The Balaban J connectivity index is 2.03. The Kier molecular flexibility index (Phi) is 11.2. The number of para-hydroxylation sites is 1. The van der Waals surface area contributed by atoms with Crippen LogP contribution in [0, 0.1) is 5.92 Å². The fourth-order valence-electron chi connectivity index (χ4n) is 4.38. The van der Waals surface area contributed by atoms with Gasteiger partial charge in [-0.15, -0.1) is 0 Å². The van der Waals surface area contributed by atoms with E-state index in [1.54, 1.807) is 0 Å². The molecule has 5 atom stereocenters. The highest BCUT2D eigenvalue weighted by molar-refractivity contribution is 5.71. The highest BCUT2D eigenvalue weighted by Crippen LogP contribution is 2.35. The first-order valence-electron chi connectivity index (χ1n) is 12.7. The van der Waals surface area contributed by atoms with Gasteiger partial charge in [0.2, 0.25) is 0 Å². The standard InChI is InChI=1S/C27H41NO8/c1-9-22-17(6)23(33-18(7)29)25(34-19(8)30)26(35-22)32-14-13-28-27(31)36-24-20(15(2)3)11-10-12-21(24)16(4)5/h10-12,15-17,22-23,25-26H,9,13-14H2,1-8H3,(H,28,31)/t17-,22-,23+,25-,26-/m1/s1. The third-order valence-electron chi connectivity index (χ3n) is 6.18. The van der Waals surface area contributed by atoms with Crippen LogP contribution in [0.5, 0.6) is 5.75 Å². The van der Waals surface area contributed by atoms with Crippen molar-refractivity contribution in [3.05, 3.63) is 29.3 Å². The molecule has 1 aromatic rings. The van der Waals surface area contributed by atoms with Gasteiger partial charge in [0, 0.05) is 26.3 Å². The first kappa shape index (κ1) is 29.6. The Morgan fingerprint density at radius 1 is 0.972 bits per heavy atom. The molecule has 1 amide bonds. The lowest BCUT2D eigenvalue weighted by atomic mass is 9.89. The molecule has 1 heterocycles. The number of carbonyl (C=O) groups excluding carboxylic acids is 3. The minimum atomic E-state index is -0.952. The summed E-state index contributed by atoms with van der Waals surface area (Å²) in [5.41, 5.74) is 1.92. The van der Waals surface area contributed by atoms with Crippen LogP contribution in [0.15, 0.2) is 18.2 Å². The zero-order valence-corrected chi connectivity index (χ0v) is 22.7. The van der Waals surface area contributed by atoms with Gasteiger partial charge in [0.05, 0.1) is 12.7 Å². The van der Waals surface area contributed by atoms with Crippen LogP contribution in [0.4, 0.5) is 4.79 Å².